The minimum atomic E-state index is -4.01. The second kappa shape index (κ2) is 8.26. The highest BCUT2D eigenvalue weighted by molar-refractivity contribution is 8.01. The third kappa shape index (κ3) is 3.80. The molecule has 2 aliphatic rings. The molecule has 2 aromatic heterocycles. The van der Waals surface area contributed by atoms with Crippen LogP contribution in [0.15, 0.2) is 44.6 Å². The van der Waals surface area contributed by atoms with Gasteiger partial charge in [-0.2, -0.15) is 25.3 Å². The van der Waals surface area contributed by atoms with E-state index in [1.165, 1.54) is 18.5 Å². The number of hydrogen-bond acceptors (Lipinski definition) is 12. The van der Waals surface area contributed by atoms with Crippen molar-refractivity contribution in [1.29, 1.82) is 5.26 Å². The Bertz CT molecular complexity index is 1630. The maximum Gasteiger partial charge on any atom is 0.270 e. The van der Waals surface area contributed by atoms with E-state index in [9.17, 15) is 18.5 Å². The molecule has 3 aromatic rings. The minimum absolute atomic E-state index is 0.0233. The molecule has 0 saturated carbocycles. The van der Waals surface area contributed by atoms with E-state index in [1.807, 2.05) is 26.8 Å². The van der Waals surface area contributed by atoms with Gasteiger partial charge in [0.25, 0.3) is 16.0 Å². The maximum atomic E-state index is 13.5. The van der Waals surface area contributed by atoms with Crippen molar-refractivity contribution in [3.05, 3.63) is 40.9 Å². The Balaban J connectivity index is 1.57. The van der Waals surface area contributed by atoms with Crippen LogP contribution in [0, 0.1) is 11.3 Å². The lowest BCUT2D eigenvalue weighted by atomic mass is 9.98. The number of halogens is 1. The number of carbonyl (C=O) groups is 1. The standard InChI is InChI=1S/C21H18ClN9O3S2/c1-10-8-21(2,3)31(29-10)19-27-17(26-18(24)28-19)12(9-23)16(32)11-6-15-14(7-13(11)22)35-20-25-4-5-30(20)36(15,33)34/h4-7,12H,8H2,1-3H3,(H2,24,26,27,28). The first-order chi connectivity index (χ1) is 16.9. The van der Waals surface area contributed by atoms with Gasteiger partial charge in [-0.3, -0.25) is 4.79 Å². The number of Topliss-reactive ketones (excluding diaryl/α,β-unsaturated/α-hetero) is 1. The number of ketones is 1. The van der Waals surface area contributed by atoms with Gasteiger partial charge in [-0.25, -0.2) is 22.4 Å². The van der Waals surface area contributed by atoms with Crippen molar-refractivity contribution in [2.75, 3.05) is 10.7 Å². The van der Waals surface area contributed by atoms with Crippen LogP contribution < -0.4 is 10.7 Å². The normalized spacial score (nSPS) is 18.1. The van der Waals surface area contributed by atoms with Crippen molar-refractivity contribution in [3.63, 3.8) is 0 Å². The van der Waals surface area contributed by atoms with E-state index in [2.05, 4.69) is 25.0 Å². The molecule has 0 spiro atoms. The van der Waals surface area contributed by atoms with E-state index in [1.54, 1.807) is 5.01 Å². The van der Waals surface area contributed by atoms with E-state index < -0.39 is 27.3 Å². The molecule has 2 aliphatic heterocycles. The number of hydrazone groups is 1. The second-order valence-electron chi connectivity index (χ2n) is 8.81. The second-order valence-corrected chi connectivity index (χ2v) is 12.0. The summed E-state index contributed by atoms with van der Waals surface area (Å²) >= 11 is 7.49. The minimum Gasteiger partial charge on any atom is -0.368 e. The Kier molecular flexibility index (Phi) is 5.54. The fraction of sp³-hybridized carbons (Fsp3) is 0.286. The number of fused-ring (bicyclic) bond motifs is 2. The van der Waals surface area contributed by atoms with Gasteiger partial charge in [0, 0.05) is 35.0 Å². The van der Waals surface area contributed by atoms with Crippen LogP contribution in [0.3, 0.4) is 0 Å². The van der Waals surface area contributed by atoms with Gasteiger partial charge >= 0.3 is 0 Å². The molecular formula is C21H18ClN9O3S2. The van der Waals surface area contributed by atoms with Crippen molar-refractivity contribution in [2.24, 2.45) is 5.10 Å². The van der Waals surface area contributed by atoms with Crippen LogP contribution in [0.25, 0.3) is 0 Å². The fourth-order valence-electron chi connectivity index (χ4n) is 4.11. The molecule has 12 nitrogen and oxygen atoms in total. The van der Waals surface area contributed by atoms with Crippen molar-refractivity contribution in [2.45, 2.75) is 53.6 Å². The largest absolute Gasteiger partial charge is 0.368 e. The zero-order chi connectivity index (χ0) is 26.0. The number of nitriles is 1. The lowest BCUT2D eigenvalue weighted by Crippen LogP contribution is -2.38. The molecule has 0 saturated heterocycles. The van der Waals surface area contributed by atoms with E-state index in [0.29, 0.717) is 11.3 Å². The van der Waals surface area contributed by atoms with Crippen LogP contribution >= 0.6 is 23.4 Å². The smallest absolute Gasteiger partial charge is 0.270 e. The van der Waals surface area contributed by atoms with Gasteiger partial charge in [-0.05, 0) is 44.7 Å². The summed E-state index contributed by atoms with van der Waals surface area (Å²) in [4.78, 5) is 30.2. The van der Waals surface area contributed by atoms with Crippen molar-refractivity contribution in [1.82, 2.24) is 23.9 Å². The average Bonchev–Trinajstić information content (AvgIpc) is 3.36. The molecule has 0 amide bonds. The molecule has 184 valence electrons. The number of nitrogen functional groups attached to an aromatic ring is 1. The molecule has 1 aromatic carbocycles. The summed E-state index contributed by atoms with van der Waals surface area (Å²) in [7, 11) is -4.01. The molecular weight excluding hydrogens is 526 g/mol. The number of anilines is 2. The first-order valence-electron chi connectivity index (χ1n) is 10.5. The maximum absolute atomic E-state index is 13.5. The van der Waals surface area contributed by atoms with E-state index >= 15 is 0 Å². The average molecular weight is 544 g/mol. The van der Waals surface area contributed by atoms with Gasteiger partial charge in [0.1, 0.15) is 4.90 Å². The van der Waals surface area contributed by atoms with Gasteiger partial charge in [0.15, 0.2) is 22.7 Å². The van der Waals surface area contributed by atoms with Crippen LogP contribution in [0.4, 0.5) is 11.9 Å². The number of benzene rings is 1. The van der Waals surface area contributed by atoms with Crippen molar-refractivity contribution < 1.29 is 13.2 Å². The zero-order valence-electron chi connectivity index (χ0n) is 19.2. The van der Waals surface area contributed by atoms with Gasteiger partial charge in [0.05, 0.1) is 16.6 Å². The molecule has 5 rings (SSSR count). The third-order valence-electron chi connectivity index (χ3n) is 5.64. The van der Waals surface area contributed by atoms with Crippen LogP contribution in [0.5, 0.6) is 0 Å². The summed E-state index contributed by atoms with van der Waals surface area (Å²) in [6.07, 6.45) is 3.33. The predicted molar refractivity (Wildman–Crippen MR) is 132 cm³/mol. The van der Waals surface area contributed by atoms with Crippen molar-refractivity contribution in [3.8, 4) is 6.07 Å². The lowest BCUT2D eigenvalue weighted by Gasteiger charge is -2.28. The third-order valence-corrected chi connectivity index (χ3v) is 8.95. The Morgan fingerprint density at radius 1 is 1.31 bits per heavy atom. The first-order valence-corrected chi connectivity index (χ1v) is 13.2. The monoisotopic (exact) mass is 543 g/mol. The number of rotatable bonds is 4. The molecule has 4 heterocycles. The molecule has 2 N–H and O–H groups in total. The van der Waals surface area contributed by atoms with Crippen LogP contribution in [0.2, 0.25) is 5.02 Å². The van der Waals surface area contributed by atoms with E-state index in [-0.39, 0.29) is 38.4 Å². The Labute approximate surface area is 215 Å². The SMILES string of the molecule is CC1=NN(c2nc(N)nc(C(C#N)C(=O)c3cc4c(cc3Cl)Sc3nccn3S4(=O)=O)n2)C(C)(C)C1. The molecule has 1 atom stereocenters. The molecule has 1 unspecified atom stereocenters. The van der Waals surface area contributed by atoms with Gasteiger partial charge in [-0.1, -0.05) is 11.6 Å². The van der Waals surface area contributed by atoms with Gasteiger partial charge in [0.2, 0.25) is 5.95 Å². The number of hydrogen-bond donors (Lipinski definition) is 1. The Morgan fingerprint density at radius 2 is 2.06 bits per heavy atom. The first kappa shape index (κ1) is 24.2. The quantitative estimate of drug-likeness (QED) is 0.375. The number of aromatic nitrogens is 5. The highest BCUT2D eigenvalue weighted by Gasteiger charge is 2.38. The lowest BCUT2D eigenvalue weighted by molar-refractivity contribution is 0.0976. The van der Waals surface area contributed by atoms with Crippen LogP contribution in [-0.4, -0.2) is 49.4 Å². The summed E-state index contributed by atoms with van der Waals surface area (Å²) in [5, 5.41) is 16.2. The Morgan fingerprint density at radius 3 is 2.72 bits per heavy atom. The summed E-state index contributed by atoms with van der Waals surface area (Å²) in [6.45, 7) is 5.75. The summed E-state index contributed by atoms with van der Waals surface area (Å²) in [5.41, 5.74) is 6.14. The summed E-state index contributed by atoms with van der Waals surface area (Å²) in [6, 6.07) is 4.43. The number of nitrogens with two attached hydrogens (primary N) is 1. The summed E-state index contributed by atoms with van der Waals surface area (Å²) in [5.74, 6) is -2.59. The molecule has 15 heteroatoms. The molecule has 0 aliphatic carbocycles. The number of imidazole rings is 1. The van der Waals surface area contributed by atoms with Gasteiger partial charge in [-0.15, -0.1) is 0 Å². The van der Waals surface area contributed by atoms with Gasteiger partial charge < -0.3 is 5.73 Å². The zero-order valence-corrected chi connectivity index (χ0v) is 21.6. The highest BCUT2D eigenvalue weighted by atomic mass is 35.5. The molecule has 0 fully saturated rings. The van der Waals surface area contributed by atoms with E-state index in [0.717, 1.165) is 27.5 Å². The number of carbonyl (C=O) groups excluding carboxylic acids is 1. The number of nitrogens with zero attached hydrogens (tertiary/aromatic N) is 8. The molecule has 36 heavy (non-hydrogen) atoms. The Hall–Kier alpha value is -3.54. The molecule has 0 radical (unpaired) electrons. The molecule has 0 bridgehead atoms. The van der Waals surface area contributed by atoms with E-state index in [4.69, 9.17) is 17.3 Å². The summed E-state index contributed by atoms with van der Waals surface area (Å²) < 4.78 is 27.2. The topological polar surface area (TPSA) is 173 Å². The highest BCUT2D eigenvalue weighted by Crippen LogP contribution is 2.42. The fourth-order valence-corrected chi connectivity index (χ4v) is 7.34. The predicted octanol–water partition coefficient (Wildman–Crippen LogP) is 2.86. The van der Waals surface area contributed by atoms with Crippen LogP contribution in [-0.2, 0) is 10.0 Å². The van der Waals surface area contributed by atoms with Crippen molar-refractivity contribution >= 4 is 56.8 Å². The van der Waals surface area contributed by atoms with Crippen LogP contribution in [0.1, 0.15) is 49.3 Å².